The van der Waals surface area contributed by atoms with Crippen LogP contribution in [0.25, 0.3) is 0 Å². The predicted octanol–water partition coefficient (Wildman–Crippen LogP) is 1.17. The summed E-state index contributed by atoms with van der Waals surface area (Å²) in [5.41, 5.74) is 0.656. The van der Waals surface area contributed by atoms with Crippen LogP contribution < -0.4 is 20.7 Å². The zero-order chi connectivity index (χ0) is 17.5. The first kappa shape index (κ1) is 18.2. The standard InChI is InChI=1S/C19H29N3O3/c1-24-15-7-5-14(6-8-15)19(23)22-10-9-20-17-4-2-3-16(17)18-13-25-12-11-21-18/h5-8,16-18,20-21H,2-4,9-13H2,1H3,(H,22,23). The van der Waals surface area contributed by atoms with Crippen molar-refractivity contribution < 1.29 is 14.3 Å². The predicted molar refractivity (Wildman–Crippen MR) is 97.1 cm³/mol. The molecule has 1 heterocycles. The van der Waals surface area contributed by atoms with Crippen LogP contribution in [0.1, 0.15) is 29.6 Å². The fraction of sp³-hybridized carbons (Fsp3) is 0.632. The molecule has 0 bridgehead atoms. The summed E-state index contributed by atoms with van der Waals surface area (Å²) in [4.78, 5) is 12.1. The van der Waals surface area contributed by atoms with Gasteiger partial charge in [0.1, 0.15) is 5.75 Å². The van der Waals surface area contributed by atoms with Crippen LogP contribution in [-0.2, 0) is 4.74 Å². The summed E-state index contributed by atoms with van der Waals surface area (Å²) in [6.45, 7) is 4.00. The molecule has 3 atom stereocenters. The molecule has 1 aromatic rings. The lowest BCUT2D eigenvalue weighted by molar-refractivity contribution is 0.0526. The molecule has 3 unspecified atom stereocenters. The maximum atomic E-state index is 12.1. The lowest BCUT2D eigenvalue weighted by atomic mass is 9.94. The van der Waals surface area contributed by atoms with Crippen molar-refractivity contribution in [3.63, 3.8) is 0 Å². The Bertz CT molecular complexity index is 543. The number of methoxy groups -OCH3 is 1. The molecular weight excluding hydrogens is 318 g/mol. The molecule has 2 fully saturated rings. The fourth-order valence-corrected chi connectivity index (χ4v) is 3.86. The van der Waals surface area contributed by atoms with Crippen molar-refractivity contribution in [1.29, 1.82) is 0 Å². The topological polar surface area (TPSA) is 71.6 Å². The van der Waals surface area contributed by atoms with Gasteiger partial charge in [-0.25, -0.2) is 0 Å². The van der Waals surface area contributed by atoms with E-state index in [4.69, 9.17) is 9.47 Å². The number of ether oxygens (including phenoxy) is 2. The van der Waals surface area contributed by atoms with Crippen LogP contribution in [0.5, 0.6) is 5.75 Å². The molecular formula is C19H29N3O3. The van der Waals surface area contributed by atoms with Gasteiger partial charge in [0.2, 0.25) is 0 Å². The van der Waals surface area contributed by atoms with E-state index in [1.54, 1.807) is 31.4 Å². The van der Waals surface area contributed by atoms with E-state index in [-0.39, 0.29) is 5.91 Å². The van der Waals surface area contributed by atoms with Gasteiger partial charge in [-0.1, -0.05) is 6.42 Å². The molecule has 6 nitrogen and oxygen atoms in total. The summed E-state index contributed by atoms with van der Waals surface area (Å²) in [5, 5.41) is 10.2. The van der Waals surface area contributed by atoms with E-state index < -0.39 is 0 Å². The SMILES string of the molecule is COc1ccc(C(=O)NCCNC2CCCC2C2COCCN2)cc1. The first-order chi connectivity index (χ1) is 12.3. The van der Waals surface area contributed by atoms with Crippen molar-refractivity contribution in [3.8, 4) is 5.75 Å². The highest BCUT2D eigenvalue weighted by Crippen LogP contribution is 2.29. The number of hydrogen-bond donors (Lipinski definition) is 3. The highest BCUT2D eigenvalue weighted by molar-refractivity contribution is 5.94. The van der Waals surface area contributed by atoms with Gasteiger partial charge >= 0.3 is 0 Å². The molecule has 1 amide bonds. The van der Waals surface area contributed by atoms with Crippen molar-refractivity contribution in [2.24, 2.45) is 5.92 Å². The number of morpholine rings is 1. The largest absolute Gasteiger partial charge is 0.497 e. The zero-order valence-electron chi connectivity index (χ0n) is 14.9. The second kappa shape index (κ2) is 9.17. The lowest BCUT2D eigenvalue weighted by Crippen LogP contribution is -2.51. The van der Waals surface area contributed by atoms with Gasteiger partial charge in [-0.15, -0.1) is 0 Å². The summed E-state index contributed by atoms with van der Waals surface area (Å²) >= 11 is 0. The van der Waals surface area contributed by atoms with Gasteiger partial charge in [0, 0.05) is 37.3 Å². The molecule has 0 spiro atoms. The van der Waals surface area contributed by atoms with E-state index in [1.165, 1.54) is 19.3 Å². The second-order valence-electron chi connectivity index (χ2n) is 6.78. The Morgan fingerprint density at radius 3 is 2.84 bits per heavy atom. The minimum absolute atomic E-state index is 0.0465. The molecule has 2 aliphatic rings. The molecule has 25 heavy (non-hydrogen) atoms. The minimum atomic E-state index is -0.0465. The molecule has 138 valence electrons. The van der Waals surface area contributed by atoms with E-state index in [2.05, 4.69) is 16.0 Å². The van der Waals surface area contributed by atoms with Crippen molar-refractivity contribution in [2.75, 3.05) is 40.0 Å². The van der Waals surface area contributed by atoms with Gasteiger partial charge in [0.05, 0.1) is 20.3 Å². The van der Waals surface area contributed by atoms with Gasteiger partial charge in [-0.2, -0.15) is 0 Å². The second-order valence-corrected chi connectivity index (χ2v) is 6.78. The molecule has 0 radical (unpaired) electrons. The van der Waals surface area contributed by atoms with Crippen LogP contribution in [0, 0.1) is 5.92 Å². The van der Waals surface area contributed by atoms with Crippen LogP contribution in [0.2, 0.25) is 0 Å². The number of benzene rings is 1. The van der Waals surface area contributed by atoms with Crippen molar-refractivity contribution in [3.05, 3.63) is 29.8 Å². The van der Waals surface area contributed by atoms with Crippen molar-refractivity contribution >= 4 is 5.91 Å². The third-order valence-corrected chi connectivity index (χ3v) is 5.21. The van der Waals surface area contributed by atoms with E-state index in [0.29, 0.717) is 30.1 Å². The van der Waals surface area contributed by atoms with Crippen LogP contribution in [0.3, 0.4) is 0 Å². The number of amides is 1. The van der Waals surface area contributed by atoms with Crippen LogP contribution in [0.4, 0.5) is 0 Å². The Labute approximate surface area is 149 Å². The Morgan fingerprint density at radius 1 is 1.28 bits per heavy atom. The zero-order valence-corrected chi connectivity index (χ0v) is 14.9. The third-order valence-electron chi connectivity index (χ3n) is 5.21. The van der Waals surface area contributed by atoms with Crippen LogP contribution in [0.15, 0.2) is 24.3 Å². The molecule has 1 aromatic carbocycles. The van der Waals surface area contributed by atoms with E-state index in [1.807, 2.05) is 0 Å². The number of hydrogen-bond acceptors (Lipinski definition) is 5. The number of carbonyl (C=O) groups is 1. The van der Waals surface area contributed by atoms with Crippen LogP contribution >= 0.6 is 0 Å². The number of carbonyl (C=O) groups excluding carboxylic acids is 1. The Kier molecular flexibility index (Phi) is 6.67. The van der Waals surface area contributed by atoms with Crippen molar-refractivity contribution in [1.82, 2.24) is 16.0 Å². The summed E-state index contributed by atoms with van der Waals surface area (Å²) in [5.74, 6) is 1.33. The molecule has 6 heteroatoms. The quantitative estimate of drug-likeness (QED) is 0.646. The summed E-state index contributed by atoms with van der Waals surface area (Å²) in [6.07, 6.45) is 3.71. The van der Waals surface area contributed by atoms with Gasteiger partial charge in [0.25, 0.3) is 5.91 Å². The normalized spacial score (nSPS) is 26.4. The average Bonchev–Trinajstić information content (AvgIpc) is 3.14. The summed E-state index contributed by atoms with van der Waals surface area (Å²) in [7, 11) is 1.62. The van der Waals surface area contributed by atoms with Gasteiger partial charge in [0.15, 0.2) is 0 Å². The molecule has 1 aliphatic heterocycles. The Balaban J connectivity index is 1.39. The van der Waals surface area contributed by atoms with E-state index >= 15 is 0 Å². The van der Waals surface area contributed by atoms with E-state index in [9.17, 15) is 4.79 Å². The molecule has 1 saturated heterocycles. The highest BCUT2D eigenvalue weighted by Gasteiger charge is 2.34. The lowest BCUT2D eigenvalue weighted by Gasteiger charge is -2.33. The molecule has 1 saturated carbocycles. The molecule has 3 rings (SSSR count). The highest BCUT2D eigenvalue weighted by atomic mass is 16.5. The summed E-state index contributed by atoms with van der Waals surface area (Å²) < 4.78 is 10.7. The monoisotopic (exact) mass is 347 g/mol. The molecule has 0 aromatic heterocycles. The number of rotatable bonds is 7. The molecule has 1 aliphatic carbocycles. The summed E-state index contributed by atoms with van der Waals surface area (Å²) in [6, 6.07) is 8.14. The first-order valence-corrected chi connectivity index (χ1v) is 9.24. The van der Waals surface area contributed by atoms with Gasteiger partial charge in [-0.05, 0) is 43.0 Å². The maximum absolute atomic E-state index is 12.1. The van der Waals surface area contributed by atoms with Crippen LogP contribution in [-0.4, -0.2) is 57.9 Å². The first-order valence-electron chi connectivity index (χ1n) is 9.24. The van der Waals surface area contributed by atoms with Gasteiger partial charge < -0.3 is 25.4 Å². The Morgan fingerprint density at radius 2 is 2.12 bits per heavy atom. The van der Waals surface area contributed by atoms with Gasteiger partial charge in [-0.3, -0.25) is 4.79 Å². The third kappa shape index (κ3) is 4.93. The molecule has 3 N–H and O–H groups in total. The van der Waals surface area contributed by atoms with E-state index in [0.717, 1.165) is 32.1 Å². The maximum Gasteiger partial charge on any atom is 0.251 e. The Hall–Kier alpha value is -1.63. The van der Waals surface area contributed by atoms with Crippen molar-refractivity contribution in [2.45, 2.75) is 31.3 Å². The smallest absolute Gasteiger partial charge is 0.251 e. The fourth-order valence-electron chi connectivity index (χ4n) is 3.86. The number of nitrogens with one attached hydrogen (secondary N) is 3. The minimum Gasteiger partial charge on any atom is -0.497 e. The average molecular weight is 347 g/mol.